The Morgan fingerprint density at radius 1 is 1.42 bits per heavy atom. The largest absolute Gasteiger partial charge is 0.347 e. The second-order valence-electron chi connectivity index (χ2n) is 4.73. The number of carbonyl (C=O) groups excluding carboxylic acids is 1. The zero-order valence-corrected chi connectivity index (χ0v) is 13.7. The Morgan fingerprint density at radius 2 is 2.05 bits per heavy atom. The Labute approximate surface area is 128 Å². The van der Waals surface area contributed by atoms with E-state index < -0.39 is 4.92 Å². The van der Waals surface area contributed by atoms with Gasteiger partial charge in [-0.1, -0.05) is 31.9 Å². The summed E-state index contributed by atoms with van der Waals surface area (Å²) in [5, 5.41) is 14.4. The molecule has 7 heteroatoms. The van der Waals surface area contributed by atoms with Crippen LogP contribution in [0.5, 0.6) is 0 Å². The first-order chi connectivity index (χ1) is 8.75. The fourth-order valence-corrected chi connectivity index (χ4v) is 2.96. The van der Waals surface area contributed by atoms with E-state index in [-0.39, 0.29) is 22.7 Å². The molecule has 19 heavy (non-hydrogen) atoms. The van der Waals surface area contributed by atoms with E-state index >= 15 is 0 Å². The maximum atomic E-state index is 12.1. The maximum Gasteiger partial charge on any atom is 0.271 e. The van der Waals surface area contributed by atoms with Gasteiger partial charge in [0.05, 0.1) is 4.92 Å². The predicted octanol–water partition coefficient (Wildman–Crippen LogP) is 3.65. The fraction of sp³-hybridized carbons (Fsp3) is 0.417. The van der Waals surface area contributed by atoms with Gasteiger partial charge in [-0.05, 0) is 26.3 Å². The zero-order chi connectivity index (χ0) is 14.6. The van der Waals surface area contributed by atoms with Gasteiger partial charge in [0, 0.05) is 33.0 Å². The standard InChI is InChI=1S/C12H14Br2N2O3/c1-12(2,3-4-13)15-11(17)8-5-9(14)7-10(6-8)16(18)19/h5-7H,3-4H2,1-2H3,(H,15,17). The first-order valence-corrected chi connectivity index (χ1v) is 7.50. The molecule has 5 nitrogen and oxygen atoms in total. The Balaban J connectivity index is 2.97. The molecule has 0 unspecified atom stereocenters. The van der Waals surface area contributed by atoms with Gasteiger partial charge in [0.1, 0.15) is 0 Å². The van der Waals surface area contributed by atoms with Crippen molar-refractivity contribution in [2.24, 2.45) is 0 Å². The number of halogens is 2. The summed E-state index contributed by atoms with van der Waals surface area (Å²) in [7, 11) is 0. The number of nitrogens with one attached hydrogen (secondary N) is 1. The number of alkyl halides is 1. The molecule has 1 N–H and O–H groups in total. The summed E-state index contributed by atoms with van der Waals surface area (Å²) >= 11 is 6.49. The van der Waals surface area contributed by atoms with Crippen LogP contribution < -0.4 is 5.32 Å². The van der Waals surface area contributed by atoms with E-state index in [1.807, 2.05) is 13.8 Å². The number of benzene rings is 1. The van der Waals surface area contributed by atoms with E-state index in [1.54, 1.807) is 6.07 Å². The van der Waals surface area contributed by atoms with Crippen LogP contribution in [-0.2, 0) is 0 Å². The van der Waals surface area contributed by atoms with Gasteiger partial charge in [-0.25, -0.2) is 0 Å². The van der Waals surface area contributed by atoms with E-state index in [0.29, 0.717) is 4.47 Å². The summed E-state index contributed by atoms with van der Waals surface area (Å²) < 4.78 is 0.505. The summed E-state index contributed by atoms with van der Waals surface area (Å²) in [5.41, 5.74) is -0.223. The lowest BCUT2D eigenvalue weighted by atomic mass is 10.0. The quantitative estimate of drug-likeness (QED) is 0.471. The van der Waals surface area contributed by atoms with Crippen molar-refractivity contribution in [2.45, 2.75) is 25.8 Å². The zero-order valence-electron chi connectivity index (χ0n) is 10.6. The SMILES string of the molecule is CC(C)(CCBr)NC(=O)c1cc(Br)cc([N+](=O)[O-])c1. The number of nitro groups is 1. The Hall–Kier alpha value is -0.950. The molecule has 1 aromatic carbocycles. The molecule has 0 fully saturated rings. The van der Waals surface area contributed by atoms with Crippen molar-refractivity contribution < 1.29 is 9.72 Å². The van der Waals surface area contributed by atoms with E-state index in [4.69, 9.17) is 0 Å². The smallest absolute Gasteiger partial charge is 0.271 e. The highest BCUT2D eigenvalue weighted by molar-refractivity contribution is 9.10. The molecule has 0 spiro atoms. The minimum absolute atomic E-state index is 0.113. The molecule has 0 saturated heterocycles. The number of carbonyl (C=O) groups is 1. The van der Waals surface area contributed by atoms with Crippen LogP contribution in [0, 0.1) is 10.1 Å². The molecule has 0 bridgehead atoms. The van der Waals surface area contributed by atoms with Crippen molar-refractivity contribution in [1.29, 1.82) is 0 Å². The lowest BCUT2D eigenvalue weighted by Crippen LogP contribution is -2.43. The normalized spacial score (nSPS) is 11.2. The average Bonchev–Trinajstić information content (AvgIpc) is 2.27. The van der Waals surface area contributed by atoms with E-state index in [9.17, 15) is 14.9 Å². The third-order valence-electron chi connectivity index (χ3n) is 2.53. The summed E-state index contributed by atoms with van der Waals surface area (Å²) in [6, 6.07) is 4.19. The number of rotatable bonds is 5. The van der Waals surface area contributed by atoms with Crippen LogP contribution in [0.1, 0.15) is 30.6 Å². The second kappa shape index (κ2) is 6.47. The number of nitro benzene ring substituents is 1. The molecule has 0 saturated carbocycles. The topological polar surface area (TPSA) is 72.2 Å². The Bertz CT molecular complexity index is 504. The highest BCUT2D eigenvalue weighted by Gasteiger charge is 2.22. The van der Waals surface area contributed by atoms with Crippen molar-refractivity contribution in [3.8, 4) is 0 Å². The van der Waals surface area contributed by atoms with E-state index in [0.717, 1.165) is 11.8 Å². The molecule has 104 valence electrons. The van der Waals surface area contributed by atoms with Crippen molar-refractivity contribution in [2.75, 3.05) is 5.33 Å². The molecule has 0 atom stereocenters. The van der Waals surface area contributed by atoms with Gasteiger partial charge in [-0.2, -0.15) is 0 Å². The van der Waals surface area contributed by atoms with Crippen molar-refractivity contribution in [1.82, 2.24) is 5.32 Å². The van der Waals surface area contributed by atoms with Gasteiger partial charge >= 0.3 is 0 Å². The van der Waals surface area contributed by atoms with Gasteiger partial charge in [-0.15, -0.1) is 0 Å². The molecule has 0 aliphatic carbocycles. The average molecular weight is 394 g/mol. The molecule has 1 rings (SSSR count). The number of hydrogen-bond acceptors (Lipinski definition) is 3. The molecular weight excluding hydrogens is 380 g/mol. The summed E-state index contributed by atoms with van der Waals surface area (Å²) in [6.45, 7) is 3.80. The predicted molar refractivity (Wildman–Crippen MR) is 80.8 cm³/mol. The minimum atomic E-state index is -0.523. The highest BCUT2D eigenvalue weighted by atomic mass is 79.9. The van der Waals surface area contributed by atoms with Gasteiger partial charge in [0.15, 0.2) is 0 Å². The summed E-state index contributed by atoms with van der Waals surface area (Å²) in [6.07, 6.45) is 0.759. The third kappa shape index (κ3) is 4.91. The van der Waals surface area contributed by atoms with Crippen LogP contribution in [-0.4, -0.2) is 21.7 Å². The third-order valence-corrected chi connectivity index (χ3v) is 3.38. The molecule has 0 aliphatic heterocycles. The monoisotopic (exact) mass is 392 g/mol. The molecule has 0 heterocycles. The Kier molecular flexibility index (Phi) is 5.49. The molecular formula is C12H14Br2N2O3. The van der Waals surface area contributed by atoms with Gasteiger partial charge in [-0.3, -0.25) is 14.9 Å². The van der Waals surface area contributed by atoms with Crippen LogP contribution in [0.2, 0.25) is 0 Å². The number of hydrogen-bond donors (Lipinski definition) is 1. The van der Waals surface area contributed by atoms with E-state index in [1.165, 1.54) is 12.1 Å². The second-order valence-corrected chi connectivity index (χ2v) is 6.44. The van der Waals surface area contributed by atoms with E-state index in [2.05, 4.69) is 37.2 Å². The van der Waals surface area contributed by atoms with Gasteiger partial charge < -0.3 is 5.32 Å². The number of non-ortho nitro benzene ring substituents is 1. The van der Waals surface area contributed by atoms with Crippen LogP contribution in [0.15, 0.2) is 22.7 Å². The fourth-order valence-electron chi connectivity index (χ4n) is 1.49. The van der Waals surface area contributed by atoms with Gasteiger partial charge in [0.25, 0.3) is 11.6 Å². The first kappa shape index (κ1) is 16.1. The Morgan fingerprint density at radius 3 is 2.58 bits per heavy atom. The maximum absolute atomic E-state index is 12.1. The van der Waals surface area contributed by atoms with Crippen molar-refractivity contribution in [3.05, 3.63) is 38.3 Å². The number of amides is 1. The highest BCUT2D eigenvalue weighted by Crippen LogP contribution is 2.22. The molecule has 0 aromatic heterocycles. The van der Waals surface area contributed by atoms with Crippen molar-refractivity contribution >= 4 is 43.5 Å². The van der Waals surface area contributed by atoms with Crippen molar-refractivity contribution in [3.63, 3.8) is 0 Å². The van der Waals surface area contributed by atoms with Crippen LogP contribution in [0.25, 0.3) is 0 Å². The summed E-state index contributed by atoms with van der Waals surface area (Å²) in [5.74, 6) is -0.324. The number of nitrogens with zero attached hydrogens (tertiary/aromatic N) is 1. The lowest BCUT2D eigenvalue weighted by molar-refractivity contribution is -0.385. The first-order valence-electron chi connectivity index (χ1n) is 5.58. The molecule has 0 aliphatic rings. The summed E-state index contributed by atoms with van der Waals surface area (Å²) in [4.78, 5) is 22.3. The molecule has 0 radical (unpaired) electrons. The lowest BCUT2D eigenvalue weighted by Gasteiger charge is -2.25. The van der Waals surface area contributed by atoms with Crippen LogP contribution in [0.3, 0.4) is 0 Å². The minimum Gasteiger partial charge on any atom is -0.347 e. The van der Waals surface area contributed by atoms with Crippen LogP contribution >= 0.6 is 31.9 Å². The molecule has 1 aromatic rings. The molecule has 1 amide bonds. The van der Waals surface area contributed by atoms with Crippen LogP contribution in [0.4, 0.5) is 5.69 Å². The van der Waals surface area contributed by atoms with Gasteiger partial charge in [0.2, 0.25) is 0 Å².